The van der Waals surface area contributed by atoms with Crippen molar-refractivity contribution in [2.75, 3.05) is 73.8 Å². The number of carbonyl (C=O) groups is 2. The zero-order chi connectivity index (χ0) is 30.8. The summed E-state index contributed by atoms with van der Waals surface area (Å²) in [5.74, 6) is 0.336. The molecule has 0 spiro atoms. The van der Waals surface area contributed by atoms with Crippen molar-refractivity contribution in [2.24, 2.45) is 13.0 Å². The van der Waals surface area contributed by atoms with Gasteiger partial charge in [-0.1, -0.05) is 0 Å². The molecule has 4 N–H and O–H groups in total. The normalized spacial score (nSPS) is 20.1. The standard InChI is InChI=1S/C32H41FN8O3/c1-38-20-22(18-35-38)24-16-26(34)30(44-2)17-29(24)40-9-7-21(8-10-40)19-39-11-13-41(14-12-39)28-5-3-23(15-25(28)33)36-27-4-6-31(42)37-32(27)43/h3,5,15-18,20-21,27,36H,4,6-14,19,34H2,1-2H3,(H,37,42,43). The van der Waals surface area contributed by atoms with Gasteiger partial charge in [-0.2, -0.15) is 5.10 Å². The lowest BCUT2D eigenvalue weighted by atomic mass is 9.94. The number of methoxy groups -OCH3 is 1. The molecule has 3 saturated heterocycles. The van der Waals surface area contributed by atoms with Crippen LogP contribution in [0.2, 0.25) is 0 Å². The van der Waals surface area contributed by atoms with Crippen LogP contribution in [0.25, 0.3) is 11.1 Å². The van der Waals surface area contributed by atoms with Crippen molar-refractivity contribution >= 4 is 34.6 Å². The van der Waals surface area contributed by atoms with Crippen LogP contribution in [0.4, 0.5) is 27.1 Å². The number of anilines is 4. The van der Waals surface area contributed by atoms with Crippen LogP contribution in [-0.2, 0) is 16.6 Å². The number of amides is 2. The molecular formula is C32H41FN8O3. The van der Waals surface area contributed by atoms with E-state index >= 15 is 4.39 Å². The fraction of sp³-hybridized carbons (Fsp3) is 0.469. The van der Waals surface area contributed by atoms with Crippen molar-refractivity contribution in [3.63, 3.8) is 0 Å². The molecule has 3 aromatic rings. The Labute approximate surface area is 257 Å². The Hall–Kier alpha value is -4.32. The first-order valence-corrected chi connectivity index (χ1v) is 15.4. The van der Waals surface area contributed by atoms with Crippen molar-refractivity contribution in [2.45, 2.75) is 31.7 Å². The van der Waals surface area contributed by atoms with E-state index in [9.17, 15) is 9.59 Å². The molecule has 3 aliphatic rings. The molecule has 1 unspecified atom stereocenters. The number of ether oxygens (including phenoxy) is 1. The first-order valence-electron chi connectivity index (χ1n) is 15.4. The van der Waals surface area contributed by atoms with Crippen LogP contribution in [-0.4, -0.2) is 85.5 Å². The third-order valence-electron chi connectivity index (χ3n) is 9.08. The summed E-state index contributed by atoms with van der Waals surface area (Å²) in [4.78, 5) is 30.5. The van der Waals surface area contributed by atoms with Gasteiger partial charge in [-0.25, -0.2) is 4.39 Å². The summed E-state index contributed by atoms with van der Waals surface area (Å²) < 4.78 is 22.5. The van der Waals surface area contributed by atoms with E-state index < -0.39 is 6.04 Å². The van der Waals surface area contributed by atoms with E-state index in [0.29, 0.717) is 35.2 Å². The highest BCUT2D eigenvalue weighted by molar-refractivity contribution is 6.01. The number of carbonyl (C=O) groups excluding carboxylic acids is 2. The van der Waals surface area contributed by atoms with E-state index in [-0.39, 0.29) is 24.1 Å². The molecule has 4 heterocycles. The van der Waals surface area contributed by atoms with Crippen molar-refractivity contribution < 1.29 is 18.7 Å². The fourth-order valence-corrected chi connectivity index (χ4v) is 6.59. The lowest BCUT2D eigenvalue weighted by Crippen LogP contribution is -2.49. The summed E-state index contributed by atoms with van der Waals surface area (Å²) in [5, 5.41) is 9.74. The van der Waals surface area contributed by atoms with Crippen LogP contribution < -0.4 is 30.9 Å². The second kappa shape index (κ2) is 12.7. The molecule has 234 valence electrons. The molecule has 0 saturated carbocycles. The average Bonchev–Trinajstić information content (AvgIpc) is 3.45. The van der Waals surface area contributed by atoms with Crippen molar-refractivity contribution in [3.05, 3.63) is 48.5 Å². The zero-order valence-corrected chi connectivity index (χ0v) is 25.4. The molecule has 6 rings (SSSR count). The van der Waals surface area contributed by atoms with E-state index in [1.807, 2.05) is 31.6 Å². The fourth-order valence-electron chi connectivity index (χ4n) is 6.59. The number of halogens is 1. The third-order valence-corrected chi connectivity index (χ3v) is 9.08. The molecule has 0 bridgehead atoms. The highest BCUT2D eigenvalue weighted by atomic mass is 19.1. The topological polar surface area (TPSA) is 121 Å². The number of benzene rings is 2. The Morgan fingerprint density at radius 3 is 2.43 bits per heavy atom. The number of rotatable bonds is 8. The van der Waals surface area contributed by atoms with E-state index in [1.54, 1.807) is 23.9 Å². The molecule has 0 radical (unpaired) electrons. The Kier molecular flexibility index (Phi) is 8.60. The molecule has 12 heteroatoms. The first kappa shape index (κ1) is 29.7. The summed E-state index contributed by atoms with van der Waals surface area (Å²) >= 11 is 0. The van der Waals surface area contributed by atoms with Crippen molar-refractivity contribution in [1.82, 2.24) is 20.0 Å². The monoisotopic (exact) mass is 604 g/mol. The first-order chi connectivity index (χ1) is 21.3. The number of aromatic nitrogens is 2. The highest BCUT2D eigenvalue weighted by Gasteiger charge is 2.28. The quantitative estimate of drug-likeness (QED) is 0.263. The summed E-state index contributed by atoms with van der Waals surface area (Å²) in [5.41, 5.74) is 11.2. The second-order valence-electron chi connectivity index (χ2n) is 12.0. The van der Waals surface area contributed by atoms with Gasteiger partial charge in [-0.15, -0.1) is 0 Å². The van der Waals surface area contributed by atoms with Crippen LogP contribution >= 0.6 is 0 Å². The van der Waals surface area contributed by atoms with Gasteiger partial charge < -0.3 is 25.6 Å². The summed E-state index contributed by atoms with van der Waals surface area (Å²) in [6, 6.07) is 8.52. The maximum absolute atomic E-state index is 15.1. The number of hydrogen-bond donors (Lipinski definition) is 3. The molecule has 2 amide bonds. The number of piperazine rings is 1. The van der Waals surface area contributed by atoms with Gasteiger partial charge in [0.2, 0.25) is 11.8 Å². The van der Waals surface area contributed by atoms with Crippen LogP contribution in [0.5, 0.6) is 5.75 Å². The van der Waals surface area contributed by atoms with Crippen molar-refractivity contribution in [1.29, 1.82) is 0 Å². The lowest BCUT2D eigenvalue weighted by molar-refractivity contribution is -0.133. The van der Waals surface area contributed by atoms with E-state index in [2.05, 4.69) is 30.4 Å². The molecule has 1 atom stereocenters. The third kappa shape index (κ3) is 6.45. The summed E-state index contributed by atoms with van der Waals surface area (Å²) in [7, 11) is 3.56. The minimum absolute atomic E-state index is 0.270. The van der Waals surface area contributed by atoms with E-state index in [1.165, 1.54) is 6.07 Å². The Morgan fingerprint density at radius 1 is 1.02 bits per heavy atom. The predicted octanol–water partition coefficient (Wildman–Crippen LogP) is 3.07. The number of nitrogens with two attached hydrogens (primary N) is 1. The maximum atomic E-state index is 15.1. The Balaban J connectivity index is 1.01. The molecule has 1 aromatic heterocycles. The highest BCUT2D eigenvalue weighted by Crippen LogP contribution is 2.39. The molecule has 0 aliphatic carbocycles. The SMILES string of the molecule is COc1cc(N2CCC(CN3CCN(c4ccc(NC5CCC(=O)NC5=O)cc4F)CC3)CC2)c(-c2cnn(C)c2)cc1N. The minimum atomic E-state index is -0.536. The number of hydrogen-bond acceptors (Lipinski definition) is 9. The van der Waals surface area contributed by atoms with Crippen LogP contribution in [0.3, 0.4) is 0 Å². The number of imide groups is 1. The zero-order valence-electron chi connectivity index (χ0n) is 25.4. The van der Waals surface area contributed by atoms with Gasteiger partial charge in [0, 0.05) is 94.0 Å². The number of nitrogens with one attached hydrogen (secondary N) is 2. The minimum Gasteiger partial charge on any atom is -0.495 e. The maximum Gasteiger partial charge on any atom is 0.249 e. The number of nitrogens with zero attached hydrogens (tertiary/aromatic N) is 5. The van der Waals surface area contributed by atoms with Crippen LogP contribution in [0.15, 0.2) is 42.7 Å². The van der Waals surface area contributed by atoms with Crippen molar-refractivity contribution in [3.8, 4) is 16.9 Å². The van der Waals surface area contributed by atoms with Gasteiger partial charge in [0.1, 0.15) is 17.6 Å². The van der Waals surface area contributed by atoms with Gasteiger partial charge in [0.15, 0.2) is 0 Å². The lowest BCUT2D eigenvalue weighted by Gasteiger charge is -2.40. The molecule has 3 fully saturated rings. The number of piperidine rings is 2. The molecule has 2 aromatic carbocycles. The van der Waals surface area contributed by atoms with Crippen LogP contribution in [0.1, 0.15) is 25.7 Å². The van der Waals surface area contributed by atoms with Gasteiger partial charge in [-0.05, 0) is 49.4 Å². The second-order valence-corrected chi connectivity index (χ2v) is 12.0. The number of aryl methyl sites for hydroxylation is 1. The van der Waals surface area contributed by atoms with Gasteiger partial charge in [-0.3, -0.25) is 24.5 Å². The van der Waals surface area contributed by atoms with Gasteiger partial charge in [0.05, 0.1) is 24.7 Å². The van der Waals surface area contributed by atoms with E-state index in [0.717, 1.165) is 75.5 Å². The molecule has 11 nitrogen and oxygen atoms in total. The van der Waals surface area contributed by atoms with Gasteiger partial charge >= 0.3 is 0 Å². The largest absolute Gasteiger partial charge is 0.495 e. The van der Waals surface area contributed by atoms with E-state index in [4.69, 9.17) is 10.5 Å². The summed E-state index contributed by atoms with van der Waals surface area (Å²) in [6.45, 7) is 6.24. The Bertz CT molecular complexity index is 1510. The predicted molar refractivity (Wildman–Crippen MR) is 169 cm³/mol. The Morgan fingerprint density at radius 2 is 1.77 bits per heavy atom. The molecular weight excluding hydrogens is 563 g/mol. The smallest absolute Gasteiger partial charge is 0.249 e. The van der Waals surface area contributed by atoms with Crippen LogP contribution in [0, 0.1) is 11.7 Å². The van der Waals surface area contributed by atoms with Gasteiger partial charge in [0.25, 0.3) is 0 Å². The average molecular weight is 605 g/mol. The number of nitrogen functional groups attached to an aromatic ring is 1. The summed E-state index contributed by atoms with van der Waals surface area (Å²) in [6.07, 6.45) is 6.74. The molecule has 3 aliphatic heterocycles. The molecule has 44 heavy (non-hydrogen) atoms.